The van der Waals surface area contributed by atoms with E-state index in [2.05, 4.69) is 38.4 Å². The molecule has 108 valence electrons. The number of benzene rings is 2. The Labute approximate surface area is 136 Å². The molecular weight excluding hydrogens is 348 g/mol. The van der Waals surface area contributed by atoms with Gasteiger partial charge in [0.05, 0.1) is 10.2 Å². The van der Waals surface area contributed by atoms with Gasteiger partial charge in [-0.25, -0.2) is 4.98 Å². The van der Waals surface area contributed by atoms with E-state index in [1.807, 2.05) is 37.4 Å². The maximum atomic E-state index is 5.95. The lowest BCUT2D eigenvalue weighted by atomic mass is 10.2. The molecule has 2 aromatic carbocycles. The van der Waals surface area contributed by atoms with Crippen molar-refractivity contribution in [2.75, 3.05) is 7.05 Å². The summed E-state index contributed by atoms with van der Waals surface area (Å²) >= 11 is 5.17. The molecule has 0 aliphatic rings. The third kappa shape index (κ3) is 3.43. The van der Waals surface area contributed by atoms with Crippen molar-refractivity contribution in [3.05, 3.63) is 57.5 Å². The number of halogens is 1. The van der Waals surface area contributed by atoms with Crippen LogP contribution < -0.4 is 10.1 Å². The summed E-state index contributed by atoms with van der Waals surface area (Å²) in [5, 5.41) is 4.15. The number of fused-ring (bicyclic) bond motifs is 1. The molecular formula is C16H15BrN2OS. The van der Waals surface area contributed by atoms with E-state index >= 15 is 0 Å². The third-order valence-electron chi connectivity index (χ3n) is 3.08. The van der Waals surface area contributed by atoms with Crippen molar-refractivity contribution in [2.24, 2.45) is 0 Å². The van der Waals surface area contributed by atoms with Gasteiger partial charge in [0, 0.05) is 16.6 Å². The minimum atomic E-state index is 0.498. The van der Waals surface area contributed by atoms with Gasteiger partial charge in [-0.15, -0.1) is 11.3 Å². The van der Waals surface area contributed by atoms with Gasteiger partial charge in [0.2, 0.25) is 0 Å². The molecule has 0 aliphatic heterocycles. The van der Waals surface area contributed by atoms with Crippen LogP contribution in [0, 0.1) is 0 Å². The van der Waals surface area contributed by atoms with E-state index in [9.17, 15) is 0 Å². The number of hydrogen-bond donors (Lipinski definition) is 1. The first kappa shape index (κ1) is 14.5. The smallest absolute Gasteiger partial charge is 0.140 e. The molecule has 0 saturated carbocycles. The Kier molecular flexibility index (Phi) is 4.53. The third-order valence-corrected chi connectivity index (χ3v) is 4.58. The molecule has 5 heteroatoms. The maximum absolute atomic E-state index is 5.95. The minimum Gasteiger partial charge on any atom is -0.486 e. The fourth-order valence-electron chi connectivity index (χ4n) is 2.14. The fraction of sp³-hybridized carbons (Fsp3) is 0.188. The van der Waals surface area contributed by atoms with Crippen LogP contribution in [0.25, 0.3) is 10.2 Å². The van der Waals surface area contributed by atoms with Crippen LogP contribution in [0.2, 0.25) is 0 Å². The van der Waals surface area contributed by atoms with Crippen molar-refractivity contribution in [3.8, 4) is 5.75 Å². The number of nitrogens with one attached hydrogen (secondary N) is 1. The SMILES string of the molecule is CNCc1cc(Br)ccc1OCc1nc2ccccc2s1. The molecule has 21 heavy (non-hydrogen) atoms. The van der Waals surface area contributed by atoms with Crippen molar-refractivity contribution >= 4 is 37.5 Å². The molecule has 0 amide bonds. The highest BCUT2D eigenvalue weighted by Gasteiger charge is 2.07. The molecule has 3 aromatic rings. The lowest BCUT2D eigenvalue weighted by Gasteiger charge is -2.10. The molecule has 1 N–H and O–H groups in total. The van der Waals surface area contributed by atoms with Crippen LogP contribution >= 0.6 is 27.3 Å². The maximum Gasteiger partial charge on any atom is 0.140 e. The average Bonchev–Trinajstić information content (AvgIpc) is 2.89. The van der Waals surface area contributed by atoms with Gasteiger partial charge in [-0.2, -0.15) is 0 Å². The molecule has 3 rings (SSSR count). The average molecular weight is 363 g/mol. The summed E-state index contributed by atoms with van der Waals surface area (Å²) in [5.74, 6) is 0.895. The molecule has 0 atom stereocenters. The van der Waals surface area contributed by atoms with Crippen LogP contribution in [-0.2, 0) is 13.2 Å². The van der Waals surface area contributed by atoms with Crippen LogP contribution in [0.5, 0.6) is 5.75 Å². The van der Waals surface area contributed by atoms with Crippen LogP contribution in [0.1, 0.15) is 10.6 Å². The monoisotopic (exact) mass is 362 g/mol. The van der Waals surface area contributed by atoms with E-state index in [1.54, 1.807) is 11.3 Å². The van der Waals surface area contributed by atoms with Crippen molar-refractivity contribution < 1.29 is 4.74 Å². The van der Waals surface area contributed by atoms with E-state index in [0.29, 0.717) is 6.61 Å². The van der Waals surface area contributed by atoms with Gasteiger partial charge in [-0.3, -0.25) is 0 Å². The van der Waals surface area contributed by atoms with Gasteiger partial charge in [0.15, 0.2) is 0 Å². The highest BCUT2D eigenvalue weighted by atomic mass is 79.9. The molecule has 0 bridgehead atoms. The normalized spacial score (nSPS) is 11.0. The van der Waals surface area contributed by atoms with Gasteiger partial charge in [-0.05, 0) is 37.4 Å². The molecule has 0 fully saturated rings. The Morgan fingerprint density at radius 3 is 2.90 bits per heavy atom. The van der Waals surface area contributed by atoms with Crippen molar-refractivity contribution in [3.63, 3.8) is 0 Å². The summed E-state index contributed by atoms with van der Waals surface area (Å²) in [6.45, 7) is 1.27. The molecule has 0 aliphatic carbocycles. The number of rotatable bonds is 5. The minimum absolute atomic E-state index is 0.498. The molecule has 1 aromatic heterocycles. The fourth-order valence-corrected chi connectivity index (χ4v) is 3.43. The quantitative estimate of drug-likeness (QED) is 0.732. The molecule has 0 spiro atoms. The second kappa shape index (κ2) is 6.56. The highest BCUT2D eigenvalue weighted by molar-refractivity contribution is 9.10. The zero-order valence-corrected chi connectivity index (χ0v) is 14.0. The van der Waals surface area contributed by atoms with Crippen LogP contribution in [0.3, 0.4) is 0 Å². The lowest BCUT2D eigenvalue weighted by Crippen LogP contribution is -2.07. The van der Waals surface area contributed by atoms with Crippen LogP contribution in [0.4, 0.5) is 0 Å². The summed E-state index contributed by atoms with van der Waals surface area (Å²) < 4.78 is 8.20. The highest BCUT2D eigenvalue weighted by Crippen LogP contribution is 2.26. The zero-order valence-electron chi connectivity index (χ0n) is 11.6. The topological polar surface area (TPSA) is 34.1 Å². The van der Waals surface area contributed by atoms with Crippen LogP contribution in [-0.4, -0.2) is 12.0 Å². The number of nitrogens with zero attached hydrogens (tertiary/aromatic N) is 1. The lowest BCUT2D eigenvalue weighted by molar-refractivity contribution is 0.302. The zero-order chi connectivity index (χ0) is 14.7. The summed E-state index contributed by atoms with van der Waals surface area (Å²) in [4.78, 5) is 4.59. The Morgan fingerprint density at radius 1 is 1.24 bits per heavy atom. The summed E-state index contributed by atoms with van der Waals surface area (Å²) in [6, 6.07) is 14.2. The Bertz CT molecular complexity index is 724. The largest absolute Gasteiger partial charge is 0.486 e. The second-order valence-electron chi connectivity index (χ2n) is 4.65. The molecule has 1 heterocycles. The Hall–Kier alpha value is -1.43. The number of aromatic nitrogens is 1. The van der Waals surface area contributed by atoms with Gasteiger partial charge in [-0.1, -0.05) is 28.1 Å². The second-order valence-corrected chi connectivity index (χ2v) is 6.68. The van der Waals surface area contributed by atoms with Crippen LogP contribution in [0.15, 0.2) is 46.9 Å². The Morgan fingerprint density at radius 2 is 2.10 bits per heavy atom. The van der Waals surface area contributed by atoms with Crippen molar-refractivity contribution in [2.45, 2.75) is 13.2 Å². The number of ether oxygens (including phenoxy) is 1. The van der Waals surface area contributed by atoms with Crippen molar-refractivity contribution in [1.29, 1.82) is 0 Å². The van der Waals surface area contributed by atoms with Crippen molar-refractivity contribution in [1.82, 2.24) is 10.3 Å². The number of para-hydroxylation sites is 1. The summed E-state index contributed by atoms with van der Waals surface area (Å²) in [7, 11) is 1.93. The first-order valence-electron chi connectivity index (χ1n) is 6.66. The first-order valence-corrected chi connectivity index (χ1v) is 8.27. The van der Waals surface area contributed by atoms with E-state index in [-0.39, 0.29) is 0 Å². The standard InChI is InChI=1S/C16H15BrN2OS/c1-18-9-11-8-12(17)6-7-14(11)20-10-16-19-13-4-2-3-5-15(13)21-16/h2-8,18H,9-10H2,1H3. The van der Waals surface area contributed by atoms with E-state index in [1.165, 1.54) is 4.70 Å². The molecule has 0 saturated heterocycles. The number of hydrogen-bond acceptors (Lipinski definition) is 4. The van der Waals surface area contributed by atoms with E-state index in [4.69, 9.17) is 4.74 Å². The molecule has 0 unspecified atom stereocenters. The predicted molar refractivity (Wildman–Crippen MR) is 90.9 cm³/mol. The van der Waals surface area contributed by atoms with Gasteiger partial charge in [0.25, 0.3) is 0 Å². The Balaban J connectivity index is 1.77. The first-order chi connectivity index (χ1) is 10.3. The predicted octanol–water partition coefficient (Wildman–Crippen LogP) is 4.36. The van der Waals surface area contributed by atoms with E-state index in [0.717, 1.165) is 32.9 Å². The molecule has 3 nitrogen and oxygen atoms in total. The van der Waals surface area contributed by atoms with Gasteiger partial charge >= 0.3 is 0 Å². The van der Waals surface area contributed by atoms with E-state index < -0.39 is 0 Å². The summed E-state index contributed by atoms with van der Waals surface area (Å²) in [5.41, 5.74) is 2.17. The van der Waals surface area contributed by atoms with Gasteiger partial charge in [0.1, 0.15) is 17.4 Å². The molecule has 0 radical (unpaired) electrons. The number of thiazole rings is 1. The summed E-state index contributed by atoms with van der Waals surface area (Å²) in [6.07, 6.45) is 0. The van der Waals surface area contributed by atoms with Gasteiger partial charge < -0.3 is 10.1 Å².